The lowest BCUT2D eigenvalue weighted by Gasteiger charge is -2.06. The second kappa shape index (κ2) is 9.24. The van der Waals surface area contributed by atoms with Gasteiger partial charge in [0, 0.05) is 17.6 Å². The van der Waals surface area contributed by atoms with Crippen LogP contribution in [-0.4, -0.2) is 5.91 Å². The first kappa shape index (κ1) is 18.2. The molecular weight excluding hydrogens is 317 g/mol. The number of carbonyl (C=O) groups excluding carboxylic acids is 1. The summed E-state index contributed by atoms with van der Waals surface area (Å²) in [6.45, 7) is 2.14. The van der Waals surface area contributed by atoms with Gasteiger partial charge in [-0.3, -0.25) is 4.79 Å². The molecule has 0 saturated carbocycles. The third kappa shape index (κ3) is 5.78. The second-order valence-electron chi connectivity index (χ2n) is 5.58. The number of nitriles is 1. The summed E-state index contributed by atoms with van der Waals surface area (Å²) in [7, 11) is 0. The normalized spacial score (nSPS) is 10.8. The zero-order valence-corrected chi connectivity index (χ0v) is 14.1. The van der Waals surface area contributed by atoms with E-state index in [9.17, 15) is 9.18 Å². The largest absolute Gasteiger partial charge is 0.360 e. The lowest BCUT2D eigenvalue weighted by Crippen LogP contribution is -2.14. The summed E-state index contributed by atoms with van der Waals surface area (Å²) in [6, 6.07) is 15.1. The zero-order valence-electron chi connectivity index (χ0n) is 14.1. The van der Waals surface area contributed by atoms with Crippen molar-refractivity contribution in [3.8, 4) is 6.07 Å². The smallest absolute Gasteiger partial charge is 0.267 e. The van der Waals surface area contributed by atoms with Gasteiger partial charge in [-0.05, 0) is 54.8 Å². The van der Waals surface area contributed by atoms with Gasteiger partial charge >= 0.3 is 0 Å². The van der Waals surface area contributed by atoms with Gasteiger partial charge in [0.2, 0.25) is 0 Å². The molecule has 2 aromatic carbocycles. The number of carbonyl (C=O) groups is 1. The quantitative estimate of drug-likeness (QED) is 0.572. The Labute approximate surface area is 147 Å². The highest BCUT2D eigenvalue weighted by molar-refractivity contribution is 6.06. The van der Waals surface area contributed by atoms with E-state index in [1.54, 1.807) is 0 Å². The van der Waals surface area contributed by atoms with Crippen molar-refractivity contribution in [1.29, 1.82) is 5.26 Å². The van der Waals surface area contributed by atoms with Crippen LogP contribution in [0.25, 0.3) is 0 Å². The molecule has 0 atom stereocenters. The summed E-state index contributed by atoms with van der Waals surface area (Å²) in [4.78, 5) is 12.2. The van der Waals surface area contributed by atoms with Gasteiger partial charge in [-0.2, -0.15) is 5.26 Å². The lowest BCUT2D eigenvalue weighted by molar-refractivity contribution is -0.112. The van der Waals surface area contributed by atoms with Crippen LogP contribution in [0, 0.1) is 17.1 Å². The van der Waals surface area contributed by atoms with Crippen molar-refractivity contribution >= 4 is 17.3 Å². The number of amides is 1. The van der Waals surface area contributed by atoms with Crippen LogP contribution in [0.4, 0.5) is 15.8 Å². The van der Waals surface area contributed by atoms with Gasteiger partial charge < -0.3 is 10.6 Å². The first-order valence-corrected chi connectivity index (χ1v) is 8.15. The molecule has 2 rings (SSSR count). The standard InChI is InChI=1S/C20H20FN3O/c1-2-3-4-15-5-9-19(10-6-15)24-20(25)16(13-22)14-23-18-11-7-17(21)8-12-18/h5-12,14,23H,2-4H2,1H3,(H,24,25)/b16-14-. The Hall–Kier alpha value is -3.13. The number of anilines is 2. The van der Waals surface area contributed by atoms with Crippen LogP contribution in [-0.2, 0) is 11.2 Å². The van der Waals surface area contributed by atoms with Gasteiger partial charge in [0.05, 0.1) is 0 Å². The second-order valence-corrected chi connectivity index (χ2v) is 5.58. The number of halogens is 1. The van der Waals surface area contributed by atoms with Crippen molar-refractivity contribution in [3.05, 3.63) is 71.7 Å². The highest BCUT2D eigenvalue weighted by Crippen LogP contribution is 2.13. The van der Waals surface area contributed by atoms with Gasteiger partial charge in [0.15, 0.2) is 0 Å². The summed E-state index contributed by atoms with van der Waals surface area (Å²) in [6.07, 6.45) is 4.58. The van der Waals surface area contributed by atoms with E-state index in [1.807, 2.05) is 30.3 Å². The van der Waals surface area contributed by atoms with Gasteiger partial charge in [-0.15, -0.1) is 0 Å². The highest BCUT2D eigenvalue weighted by Gasteiger charge is 2.09. The third-order valence-electron chi connectivity index (χ3n) is 3.62. The molecule has 0 aliphatic carbocycles. The van der Waals surface area contributed by atoms with Crippen molar-refractivity contribution in [1.82, 2.24) is 0 Å². The molecule has 1 amide bonds. The Morgan fingerprint density at radius 2 is 1.76 bits per heavy atom. The SMILES string of the molecule is CCCCc1ccc(NC(=O)/C(C#N)=C\Nc2ccc(F)cc2)cc1. The predicted molar refractivity (Wildman–Crippen MR) is 97.4 cm³/mol. The van der Waals surface area contributed by atoms with Crippen LogP contribution in [0.5, 0.6) is 0 Å². The molecular formula is C20H20FN3O. The molecule has 25 heavy (non-hydrogen) atoms. The van der Waals surface area contributed by atoms with E-state index in [1.165, 1.54) is 36.0 Å². The number of hydrogen-bond acceptors (Lipinski definition) is 3. The van der Waals surface area contributed by atoms with E-state index in [0.717, 1.165) is 19.3 Å². The Morgan fingerprint density at radius 3 is 2.36 bits per heavy atom. The first-order valence-electron chi connectivity index (χ1n) is 8.15. The van der Waals surface area contributed by atoms with E-state index in [4.69, 9.17) is 5.26 Å². The molecule has 2 aromatic rings. The van der Waals surface area contributed by atoms with Crippen LogP contribution < -0.4 is 10.6 Å². The van der Waals surface area contributed by atoms with Crippen LogP contribution in [0.1, 0.15) is 25.3 Å². The van der Waals surface area contributed by atoms with E-state index in [2.05, 4.69) is 17.6 Å². The summed E-state index contributed by atoms with van der Waals surface area (Å²) in [5.41, 5.74) is 2.36. The van der Waals surface area contributed by atoms with E-state index >= 15 is 0 Å². The molecule has 0 fully saturated rings. The average molecular weight is 337 g/mol. The van der Waals surface area contributed by atoms with Gasteiger partial charge in [0.25, 0.3) is 5.91 Å². The molecule has 0 aromatic heterocycles. The molecule has 0 aliphatic rings. The minimum absolute atomic E-state index is 0.0700. The average Bonchev–Trinajstić information content (AvgIpc) is 2.63. The molecule has 0 aliphatic heterocycles. The summed E-state index contributed by atoms with van der Waals surface area (Å²) in [5, 5.41) is 14.7. The van der Waals surface area contributed by atoms with Crippen LogP contribution in [0.3, 0.4) is 0 Å². The number of aryl methyl sites for hydroxylation is 1. The van der Waals surface area contributed by atoms with Crippen LogP contribution >= 0.6 is 0 Å². The Balaban J connectivity index is 1.98. The monoisotopic (exact) mass is 337 g/mol. The number of hydrogen-bond donors (Lipinski definition) is 2. The van der Waals surface area contributed by atoms with Crippen molar-refractivity contribution in [2.45, 2.75) is 26.2 Å². The van der Waals surface area contributed by atoms with Crippen LogP contribution in [0.15, 0.2) is 60.3 Å². The number of unbranched alkanes of at least 4 members (excludes halogenated alkanes) is 1. The maximum absolute atomic E-state index is 12.9. The fraction of sp³-hybridized carbons (Fsp3) is 0.200. The van der Waals surface area contributed by atoms with Crippen molar-refractivity contribution in [2.24, 2.45) is 0 Å². The molecule has 0 heterocycles. The third-order valence-corrected chi connectivity index (χ3v) is 3.62. The summed E-state index contributed by atoms with van der Waals surface area (Å²) < 4.78 is 12.9. The number of nitrogens with one attached hydrogen (secondary N) is 2. The fourth-order valence-electron chi connectivity index (χ4n) is 2.18. The topological polar surface area (TPSA) is 64.9 Å². The number of benzene rings is 2. The summed E-state index contributed by atoms with van der Waals surface area (Å²) >= 11 is 0. The molecule has 4 nitrogen and oxygen atoms in total. The van der Waals surface area contributed by atoms with Gasteiger partial charge in [0.1, 0.15) is 17.5 Å². The first-order chi connectivity index (χ1) is 12.1. The van der Waals surface area contributed by atoms with Gasteiger partial charge in [-0.1, -0.05) is 25.5 Å². The maximum atomic E-state index is 12.9. The van der Waals surface area contributed by atoms with Crippen LogP contribution in [0.2, 0.25) is 0 Å². The van der Waals surface area contributed by atoms with Gasteiger partial charge in [-0.25, -0.2) is 4.39 Å². The van der Waals surface area contributed by atoms with E-state index < -0.39 is 5.91 Å². The van der Waals surface area contributed by atoms with Crippen molar-refractivity contribution < 1.29 is 9.18 Å². The van der Waals surface area contributed by atoms with E-state index in [-0.39, 0.29) is 11.4 Å². The number of rotatable bonds is 7. The van der Waals surface area contributed by atoms with E-state index in [0.29, 0.717) is 11.4 Å². The molecule has 128 valence electrons. The highest BCUT2D eigenvalue weighted by atomic mass is 19.1. The maximum Gasteiger partial charge on any atom is 0.267 e. The molecule has 0 saturated heterocycles. The minimum Gasteiger partial charge on any atom is -0.360 e. The zero-order chi connectivity index (χ0) is 18.1. The minimum atomic E-state index is -0.501. The number of nitrogens with zero attached hydrogens (tertiary/aromatic N) is 1. The molecule has 0 spiro atoms. The molecule has 2 N–H and O–H groups in total. The summed E-state index contributed by atoms with van der Waals surface area (Å²) in [5.74, 6) is -0.853. The Morgan fingerprint density at radius 1 is 1.12 bits per heavy atom. The lowest BCUT2D eigenvalue weighted by atomic mass is 10.1. The fourth-order valence-corrected chi connectivity index (χ4v) is 2.18. The Bertz CT molecular complexity index is 774. The van der Waals surface area contributed by atoms with Crippen molar-refractivity contribution in [3.63, 3.8) is 0 Å². The van der Waals surface area contributed by atoms with Crippen molar-refractivity contribution in [2.75, 3.05) is 10.6 Å². The molecule has 0 bridgehead atoms. The molecule has 0 radical (unpaired) electrons. The molecule has 0 unspecified atom stereocenters. The Kier molecular flexibility index (Phi) is 6.73. The molecule has 5 heteroatoms. The predicted octanol–water partition coefficient (Wildman–Crippen LogP) is 4.63.